The molecule has 0 aliphatic carbocycles. The predicted octanol–water partition coefficient (Wildman–Crippen LogP) is -0.491. The second-order valence-electron chi connectivity index (χ2n) is 6.38. The summed E-state index contributed by atoms with van der Waals surface area (Å²) in [5.74, 6) is -2.27. The lowest BCUT2D eigenvalue weighted by molar-refractivity contribution is -0.159. The van der Waals surface area contributed by atoms with Crippen molar-refractivity contribution < 1.29 is 39.2 Å². The van der Waals surface area contributed by atoms with E-state index >= 15 is 0 Å². The highest BCUT2D eigenvalue weighted by molar-refractivity contribution is 6.27. The summed E-state index contributed by atoms with van der Waals surface area (Å²) in [4.78, 5) is 34.8. The summed E-state index contributed by atoms with van der Waals surface area (Å²) in [5, 5.41) is 26.6. The van der Waals surface area contributed by atoms with Crippen molar-refractivity contribution in [3.05, 3.63) is 18.2 Å². The van der Waals surface area contributed by atoms with E-state index in [0.717, 1.165) is 45.0 Å². The van der Waals surface area contributed by atoms with Gasteiger partial charge in [0, 0.05) is 57.4 Å². The molecule has 160 valence electrons. The summed E-state index contributed by atoms with van der Waals surface area (Å²) in [6.07, 6.45) is 0.467. The van der Waals surface area contributed by atoms with Crippen molar-refractivity contribution in [1.29, 1.82) is 0 Å². The number of nitrogens with zero attached hydrogens (tertiary/aromatic N) is 2. The number of carboxylic acid groups (broad SMARTS) is 2. The van der Waals surface area contributed by atoms with Gasteiger partial charge in [0.05, 0.1) is 6.61 Å². The summed E-state index contributed by atoms with van der Waals surface area (Å²) in [7, 11) is 0. The van der Waals surface area contributed by atoms with Crippen molar-refractivity contribution in [1.82, 2.24) is 9.80 Å². The fourth-order valence-electron chi connectivity index (χ4n) is 2.84. The normalized spacial score (nSPS) is 15.9. The van der Waals surface area contributed by atoms with Gasteiger partial charge in [-0.2, -0.15) is 0 Å². The van der Waals surface area contributed by atoms with Crippen molar-refractivity contribution in [3.63, 3.8) is 0 Å². The number of benzene rings is 1. The highest BCUT2D eigenvalue weighted by Crippen LogP contribution is 2.34. The fraction of sp³-hybridized carbons (Fsp3) is 0.500. The topological polar surface area (TPSA) is 149 Å². The molecule has 0 spiro atoms. The number of carboxylic acids is 2. The molecule has 0 atom stereocenters. The number of β-amino-alcohol motifs (C(OH)–C–C–N with tert-alkyl or cyclic N) is 1. The maximum Gasteiger partial charge on any atom is 0.414 e. The zero-order chi connectivity index (χ0) is 21.2. The molecule has 0 saturated carbocycles. The van der Waals surface area contributed by atoms with E-state index in [1.54, 1.807) is 12.1 Å². The van der Waals surface area contributed by atoms with Crippen LogP contribution in [0.25, 0.3) is 0 Å². The summed E-state index contributed by atoms with van der Waals surface area (Å²) in [6, 6.07) is 5.41. The van der Waals surface area contributed by atoms with Crippen LogP contribution in [0.5, 0.6) is 11.5 Å². The SMILES string of the molecule is O=C(CCN1CCN(CCO)CC1)Nc1ccc2c(c1)OCO2.O=C(O)C(=O)O. The molecule has 11 nitrogen and oxygen atoms in total. The summed E-state index contributed by atoms with van der Waals surface area (Å²) in [6.45, 7) is 5.71. The van der Waals surface area contributed by atoms with E-state index in [9.17, 15) is 4.79 Å². The van der Waals surface area contributed by atoms with Crippen LogP contribution >= 0.6 is 0 Å². The van der Waals surface area contributed by atoms with Gasteiger partial charge in [-0.05, 0) is 12.1 Å². The Bertz CT molecular complexity index is 707. The van der Waals surface area contributed by atoms with Crippen molar-refractivity contribution >= 4 is 23.5 Å². The second-order valence-corrected chi connectivity index (χ2v) is 6.38. The van der Waals surface area contributed by atoms with Crippen molar-refractivity contribution in [3.8, 4) is 11.5 Å². The van der Waals surface area contributed by atoms with Gasteiger partial charge in [-0.15, -0.1) is 0 Å². The molecule has 1 aromatic rings. The van der Waals surface area contributed by atoms with Gasteiger partial charge in [-0.3, -0.25) is 9.69 Å². The molecule has 1 saturated heterocycles. The van der Waals surface area contributed by atoms with Crippen LogP contribution in [-0.2, 0) is 14.4 Å². The molecule has 0 bridgehead atoms. The number of hydrogen-bond acceptors (Lipinski definition) is 8. The summed E-state index contributed by atoms with van der Waals surface area (Å²) >= 11 is 0. The molecule has 2 aliphatic heterocycles. The van der Waals surface area contributed by atoms with Gasteiger partial charge in [0.1, 0.15) is 0 Å². The van der Waals surface area contributed by atoms with E-state index in [-0.39, 0.29) is 19.3 Å². The van der Waals surface area contributed by atoms with Crippen LogP contribution in [0.15, 0.2) is 18.2 Å². The second kappa shape index (κ2) is 11.2. The number of nitrogens with one attached hydrogen (secondary N) is 1. The first kappa shape index (κ1) is 22.4. The van der Waals surface area contributed by atoms with E-state index in [4.69, 9.17) is 34.4 Å². The van der Waals surface area contributed by atoms with Crippen LogP contribution in [0, 0.1) is 0 Å². The molecule has 0 aromatic heterocycles. The standard InChI is InChI=1S/C16H23N3O4.C2H2O4/c20-10-9-19-7-5-18(6-8-19)4-3-16(21)17-13-1-2-14-15(11-13)23-12-22-14;3-1(4)2(5)6/h1-2,11,20H,3-10,12H2,(H,17,21);(H,3,4)(H,5,6). The van der Waals surface area contributed by atoms with Crippen LogP contribution in [0.2, 0.25) is 0 Å². The predicted molar refractivity (Wildman–Crippen MR) is 101 cm³/mol. The van der Waals surface area contributed by atoms with Crippen LogP contribution < -0.4 is 14.8 Å². The Labute approximate surface area is 167 Å². The van der Waals surface area contributed by atoms with E-state index in [2.05, 4.69) is 15.1 Å². The first-order valence-corrected chi connectivity index (χ1v) is 9.10. The minimum atomic E-state index is -1.82. The molecule has 1 fully saturated rings. The molecule has 3 rings (SSSR count). The monoisotopic (exact) mass is 411 g/mol. The molecule has 0 radical (unpaired) electrons. The Morgan fingerprint density at radius 1 is 0.931 bits per heavy atom. The van der Waals surface area contributed by atoms with E-state index in [1.165, 1.54) is 0 Å². The Balaban J connectivity index is 0.000000438. The third kappa shape index (κ3) is 7.56. The molecule has 4 N–H and O–H groups in total. The maximum atomic E-state index is 12.1. The molecule has 1 amide bonds. The fourth-order valence-corrected chi connectivity index (χ4v) is 2.84. The Morgan fingerprint density at radius 3 is 2.10 bits per heavy atom. The molecule has 0 unspecified atom stereocenters. The van der Waals surface area contributed by atoms with Crippen LogP contribution in [0.4, 0.5) is 5.69 Å². The Morgan fingerprint density at radius 2 is 1.52 bits per heavy atom. The quantitative estimate of drug-likeness (QED) is 0.452. The van der Waals surface area contributed by atoms with Crippen LogP contribution in [-0.4, -0.2) is 95.6 Å². The van der Waals surface area contributed by atoms with Gasteiger partial charge in [0.25, 0.3) is 0 Å². The van der Waals surface area contributed by atoms with E-state index < -0.39 is 11.9 Å². The maximum absolute atomic E-state index is 12.1. The minimum absolute atomic E-state index is 0.00153. The number of fused-ring (bicyclic) bond motifs is 1. The molecule has 2 heterocycles. The van der Waals surface area contributed by atoms with E-state index in [0.29, 0.717) is 17.9 Å². The Hall–Kier alpha value is -2.89. The first-order valence-electron chi connectivity index (χ1n) is 9.10. The van der Waals surface area contributed by atoms with Crippen molar-refractivity contribution in [2.45, 2.75) is 6.42 Å². The number of aliphatic hydroxyl groups is 1. The zero-order valence-electron chi connectivity index (χ0n) is 15.9. The van der Waals surface area contributed by atoms with Crippen molar-refractivity contribution in [2.75, 3.05) is 58.0 Å². The first-order chi connectivity index (χ1) is 13.9. The van der Waals surface area contributed by atoms with Crippen molar-refractivity contribution in [2.24, 2.45) is 0 Å². The number of anilines is 1. The van der Waals surface area contributed by atoms with Gasteiger partial charge in [0.2, 0.25) is 12.7 Å². The molecule has 29 heavy (non-hydrogen) atoms. The lowest BCUT2D eigenvalue weighted by Gasteiger charge is -2.34. The smallest absolute Gasteiger partial charge is 0.414 e. The molecule has 11 heteroatoms. The number of carbonyl (C=O) groups excluding carboxylic acids is 1. The van der Waals surface area contributed by atoms with Crippen LogP contribution in [0.3, 0.4) is 0 Å². The third-order valence-corrected chi connectivity index (χ3v) is 4.38. The lowest BCUT2D eigenvalue weighted by Crippen LogP contribution is -2.47. The molecular weight excluding hydrogens is 386 g/mol. The number of piperazine rings is 1. The average Bonchev–Trinajstić information content (AvgIpc) is 3.16. The number of aliphatic hydroxyl groups excluding tert-OH is 1. The largest absolute Gasteiger partial charge is 0.473 e. The lowest BCUT2D eigenvalue weighted by atomic mass is 10.2. The number of rotatable bonds is 6. The molecule has 1 aromatic carbocycles. The highest BCUT2D eigenvalue weighted by atomic mass is 16.7. The Kier molecular flexibility index (Phi) is 8.65. The van der Waals surface area contributed by atoms with E-state index in [1.807, 2.05) is 6.07 Å². The number of ether oxygens (including phenoxy) is 2. The molecule has 2 aliphatic rings. The van der Waals surface area contributed by atoms with Gasteiger partial charge in [-0.1, -0.05) is 0 Å². The van der Waals surface area contributed by atoms with Gasteiger partial charge < -0.3 is 35.0 Å². The molecular formula is C18H25N3O8. The number of aliphatic carboxylic acids is 2. The average molecular weight is 411 g/mol. The number of amides is 1. The minimum Gasteiger partial charge on any atom is -0.473 e. The number of carbonyl (C=O) groups is 3. The summed E-state index contributed by atoms with van der Waals surface area (Å²) < 4.78 is 10.6. The van der Waals surface area contributed by atoms with Gasteiger partial charge >= 0.3 is 11.9 Å². The van der Waals surface area contributed by atoms with Crippen LogP contribution in [0.1, 0.15) is 6.42 Å². The van der Waals surface area contributed by atoms with Gasteiger partial charge in [0.15, 0.2) is 11.5 Å². The zero-order valence-corrected chi connectivity index (χ0v) is 15.9. The third-order valence-electron chi connectivity index (χ3n) is 4.38. The summed E-state index contributed by atoms with van der Waals surface area (Å²) in [5.41, 5.74) is 0.729. The highest BCUT2D eigenvalue weighted by Gasteiger charge is 2.18. The number of hydrogen-bond donors (Lipinski definition) is 4. The van der Waals surface area contributed by atoms with Gasteiger partial charge in [-0.25, -0.2) is 9.59 Å².